The fourth-order valence-corrected chi connectivity index (χ4v) is 4.46. The molecule has 29 heavy (non-hydrogen) atoms. The maximum absolute atomic E-state index is 12.5. The number of thioether (sulfide) groups is 1. The van der Waals surface area contributed by atoms with E-state index in [4.69, 9.17) is 4.74 Å². The van der Waals surface area contributed by atoms with Crippen molar-refractivity contribution in [1.82, 2.24) is 24.6 Å². The summed E-state index contributed by atoms with van der Waals surface area (Å²) in [7, 11) is 1.59. The van der Waals surface area contributed by atoms with Gasteiger partial charge in [0.25, 0.3) is 5.56 Å². The van der Waals surface area contributed by atoms with E-state index in [0.29, 0.717) is 25.4 Å². The molecule has 0 aromatic carbocycles. The number of carbonyl (C=O) groups excluding carboxylic acids is 2. The van der Waals surface area contributed by atoms with Crippen LogP contribution in [-0.4, -0.2) is 81.5 Å². The van der Waals surface area contributed by atoms with Crippen LogP contribution in [0.1, 0.15) is 0 Å². The molecule has 1 atom stereocenters. The number of amides is 2. The minimum Gasteiger partial charge on any atom is -0.373 e. The van der Waals surface area contributed by atoms with E-state index in [1.54, 1.807) is 23.3 Å². The summed E-state index contributed by atoms with van der Waals surface area (Å²) in [5, 5.41) is 5.62. The third-order valence-corrected chi connectivity index (χ3v) is 6.41. The van der Waals surface area contributed by atoms with Crippen LogP contribution in [0.15, 0.2) is 37.5 Å². The number of rotatable bonds is 7. The van der Waals surface area contributed by atoms with Crippen LogP contribution in [0.25, 0.3) is 0 Å². The van der Waals surface area contributed by atoms with Crippen molar-refractivity contribution >= 4 is 34.9 Å². The van der Waals surface area contributed by atoms with E-state index in [2.05, 4.69) is 10.1 Å². The van der Waals surface area contributed by atoms with Crippen LogP contribution in [-0.2, 0) is 20.9 Å². The number of hydrogen-bond donors (Lipinski definition) is 1. The maximum Gasteiger partial charge on any atom is 0.345 e. The van der Waals surface area contributed by atoms with Crippen LogP contribution >= 0.6 is 23.1 Å². The number of morpholine rings is 1. The number of H-pyrrole nitrogens is 1. The van der Waals surface area contributed by atoms with Crippen molar-refractivity contribution in [2.45, 2.75) is 16.9 Å². The summed E-state index contributed by atoms with van der Waals surface area (Å²) in [6.45, 7) is 1.31. The van der Waals surface area contributed by atoms with Crippen LogP contribution in [0.3, 0.4) is 0 Å². The number of hydrogen-bond acceptors (Lipinski definition) is 8. The summed E-state index contributed by atoms with van der Waals surface area (Å²) in [6.07, 6.45) is 0.630. The highest BCUT2D eigenvalue weighted by Gasteiger charge is 2.26. The van der Waals surface area contributed by atoms with Gasteiger partial charge < -0.3 is 14.5 Å². The molecule has 0 bridgehead atoms. The Labute approximate surface area is 174 Å². The SMILES string of the molecule is CN(CC1CN(C(=O)CSc2cccs2)CCO1)C(=O)Cn1ncc(=O)[nH]c1=O. The Hall–Kier alpha value is -2.44. The number of ether oxygens (including phenoxy) is 1. The molecular formula is C17H21N5O5S2. The predicted molar refractivity (Wildman–Crippen MR) is 108 cm³/mol. The lowest BCUT2D eigenvalue weighted by atomic mass is 10.2. The molecule has 3 heterocycles. The summed E-state index contributed by atoms with van der Waals surface area (Å²) in [5.74, 6) is 0.0459. The molecule has 12 heteroatoms. The number of aromatic amines is 1. The van der Waals surface area contributed by atoms with Crippen molar-refractivity contribution in [3.05, 3.63) is 44.5 Å². The van der Waals surface area contributed by atoms with Crippen molar-refractivity contribution in [3.8, 4) is 0 Å². The van der Waals surface area contributed by atoms with E-state index in [0.717, 1.165) is 15.1 Å². The average Bonchev–Trinajstić information content (AvgIpc) is 3.22. The zero-order valence-corrected chi connectivity index (χ0v) is 17.4. The van der Waals surface area contributed by atoms with Gasteiger partial charge in [0, 0.05) is 26.7 Å². The molecule has 0 saturated carbocycles. The maximum atomic E-state index is 12.5. The lowest BCUT2D eigenvalue weighted by Crippen LogP contribution is -2.51. The molecule has 1 N–H and O–H groups in total. The smallest absolute Gasteiger partial charge is 0.345 e. The Morgan fingerprint density at radius 2 is 2.28 bits per heavy atom. The second kappa shape index (κ2) is 9.85. The highest BCUT2D eigenvalue weighted by atomic mass is 32.2. The monoisotopic (exact) mass is 439 g/mol. The predicted octanol–water partition coefficient (Wildman–Crippen LogP) is -0.529. The molecule has 1 unspecified atom stereocenters. The standard InChI is InChI=1S/C17H21N5O5S2/c1-20(14(24)10-22-17(26)19-13(23)7-18-22)8-12-9-21(4-5-27-12)15(25)11-29-16-3-2-6-28-16/h2-3,6-7,12H,4-5,8-11H2,1H3,(H,19,23,26). The normalized spacial score (nSPS) is 16.6. The second-order valence-corrected chi connectivity index (χ2v) is 8.65. The molecule has 0 spiro atoms. The second-order valence-electron chi connectivity index (χ2n) is 6.42. The van der Waals surface area contributed by atoms with Gasteiger partial charge in [0.05, 0.1) is 22.7 Å². The van der Waals surface area contributed by atoms with Crippen molar-refractivity contribution in [1.29, 1.82) is 0 Å². The minimum atomic E-state index is -0.742. The minimum absolute atomic E-state index is 0.0367. The highest BCUT2D eigenvalue weighted by Crippen LogP contribution is 2.23. The molecule has 2 aromatic rings. The summed E-state index contributed by atoms with van der Waals surface area (Å²) >= 11 is 3.11. The molecular weight excluding hydrogens is 418 g/mol. The van der Waals surface area contributed by atoms with Gasteiger partial charge in [-0.05, 0) is 11.4 Å². The quantitative estimate of drug-likeness (QED) is 0.577. The molecule has 1 aliphatic rings. The van der Waals surface area contributed by atoms with E-state index in [1.807, 2.05) is 17.5 Å². The zero-order valence-electron chi connectivity index (χ0n) is 15.8. The molecule has 0 aliphatic carbocycles. The van der Waals surface area contributed by atoms with E-state index < -0.39 is 11.2 Å². The first-order valence-electron chi connectivity index (χ1n) is 8.88. The van der Waals surface area contributed by atoms with E-state index in [9.17, 15) is 19.2 Å². The van der Waals surface area contributed by atoms with Crippen molar-refractivity contribution < 1.29 is 14.3 Å². The summed E-state index contributed by atoms with van der Waals surface area (Å²) in [4.78, 5) is 52.8. The first kappa shape index (κ1) is 21.3. The lowest BCUT2D eigenvalue weighted by molar-refractivity contribution is -0.139. The summed E-state index contributed by atoms with van der Waals surface area (Å²) < 4.78 is 7.68. The van der Waals surface area contributed by atoms with Crippen LogP contribution in [0.4, 0.5) is 0 Å². The van der Waals surface area contributed by atoms with Crippen LogP contribution < -0.4 is 11.2 Å². The molecule has 2 amide bonds. The zero-order chi connectivity index (χ0) is 20.8. The summed E-state index contributed by atoms with van der Waals surface area (Å²) in [6, 6.07) is 3.93. The highest BCUT2D eigenvalue weighted by molar-refractivity contribution is 8.01. The van der Waals surface area contributed by atoms with Crippen molar-refractivity contribution in [2.75, 3.05) is 39.0 Å². The molecule has 1 saturated heterocycles. The Kier molecular flexibility index (Phi) is 7.23. The number of carbonyl (C=O) groups is 2. The third-order valence-electron chi connectivity index (χ3n) is 4.29. The first-order chi connectivity index (χ1) is 13.9. The molecule has 10 nitrogen and oxygen atoms in total. The van der Waals surface area contributed by atoms with Gasteiger partial charge in [-0.2, -0.15) is 5.10 Å². The van der Waals surface area contributed by atoms with Gasteiger partial charge in [-0.1, -0.05) is 6.07 Å². The van der Waals surface area contributed by atoms with Crippen LogP contribution in [0.2, 0.25) is 0 Å². The molecule has 156 valence electrons. The Morgan fingerprint density at radius 1 is 1.45 bits per heavy atom. The van der Waals surface area contributed by atoms with Gasteiger partial charge in [0.2, 0.25) is 11.8 Å². The van der Waals surface area contributed by atoms with Gasteiger partial charge in [-0.25, -0.2) is 9.48 Å². The molecule has 1 aliphatic heterocycles. The van der Waals surface area contributed by atoms with Gasteiger partial charge in [-0.3, -0.25) is 19.4 Å². The third kappa shape index (κ3) is 6.02. The van der Waals surface area contributed by atoms with Crippen molar-refractivity contribution in [3.63, 3.8) is 0 Å². The van der Waals surface area contributed by atoms with Gasteiger partial charge in [0.15, 0.2) is 0 Å². The van der Waals surface area contributed by atoms with Crippen molar-refractivity contribution in [2.24, 2.45) is 0 Å². The van der Waals surface area contributed by atoms with Crippen LogP contribution in [0.5, 0.6) is 0 Å². The van der Waals surface area contributed by atoms with Crippen LogP contribution in [0, 0.1) is 0 Å². The largest absolute Gasteiger partial charge is 0.373 e. The molecule has 2 aromatic heterocycles. The summed E-state index contributed by atoms with van der Waals surface area (Å²) in [5.41, 5.74) is -1.36. The number of nitrogens with one attached hydrogen (secondary N) is 1. The Bertz CT molecular complexity index is 958. The number of nitrogens with zero attached hydrogens (tertiary/aromatic N) is 4. The topological polar surface area (TPSA) is 118 Å². The fourth-order valence-electron chi connectivity index (χ4n) is 2.77. The average molecular weight is 440 g/mol. The molecule has 1 fully saturated rings. The van der Waals surface area contributed by atoms with E-state index in [-0.39, 0.29) is 31.0 Å². The fraction of sp³-hybridized carbons (Fsp3) is 0.471. The number of thiophene rings is 1. The molecule has 0 radical (unpaired) electrons. The number of likely N-dealkylation sites (N-methyl/N-ethyl adjacent to an activating group) is 1. The Morgan fingerprint density at radius 3 is 3.00 bits per heavy atom. The first-order valence-corrected chi connectivity index (χ1v) is 10.7. The Balaban J connectivity index is 1.49. The molecule has 3 rings (SSSR count). The van der Waals surface area contributed by atoms with E-state index >= 15 is 0 Å². The van der Waals surface area contributed by atoms with E-state index in [1.165, 1.54) is 16.7 Å². The van der Waals surface area contributed by atoms with Gasteiger partial charge in [0.1, 0.15) is 12.7 Å². The number of aromatic nitrogens is 3. The van der Waals surface area contributed by atoms with Gasteiger partial charge in [-0.15, -0.1) is 23.1 Å². The lowest BCUT2D eigenvalue weighted by Gasteiger charge is -2.34. The van der Waals surface area contributed by atoms with Gasteiger partial charge >= 0.3 is 5.69 Å².